The monoisotopic (exact) mass is 381 g/mol. The van der Waals surface area contributed by atoms with Gasteiger partial charge in [-0.1, -0.05) is 38.5 Å². The van der Waals surface area contributed by atoms with Crippen LogP contribution in [0.15, 0.2) is 24.3 Å². The molecular weight excluding hydrogens is 350 g/mol. The lowest BCUT2D eigenvalue weighted by Gasteiger charge is -2.24. The highest BCUT2D eigenvalue weighted by atomic mass is 16.4. The molecule has 1 amide bonds. The Morgan fingerprint density at radius 1 is 0.964 bits per heavy atom. The van der Waals surface area contributed by atoms with E-state index in [2.05, 4.69) is 26.1 Å². The summed E-state index contributed by atoms with van der Waals surface area (Å²) in [5.74, 6) is -0.643. The summed E-state index contributed by atoms with van der Waals surface area (Å²) in [6.45, 7) is 12.4. The minimum Gasteiger partial charge on any atom is -0.481 e. The number of benzene rings is 2. The number of carbonyl (C=O) groups excluding carboxylic acids is 1. The van der Waals surface area contributed by atoms with Gasteiger partial charge < -0.3 is 10.4 Å². The molecule has 4 nitrogen and oxygen atoms in total. The summed E-state index contributed by atoms with van der Waals surface area (Å²) in [5.41, 5.74) is 7.39. The van der Waals surface area contributed by atoms with Gasteiger partial charge in [0.15, 0.2) is 0 Å². The van der Waals surface area contributed by atoms with E-state index in [1.165, 1.54) is 11.1 Å². The van der Waals surface area contributed by atoms with Gasteiger partial charge in [0.25, 0.3) is 5.91 Å². The van der Waals surface area contributed by atoms with Crippen molar-refractivity contribution in [2.24, 2.45) is 5.92 Å². The molecule has 0 spiro atoms. The fourth-order valence-corrected chi connectivity index (χ4v) is 3.79. The Hall–Kier alpha value is -2.62. The number of nitrogens with one attached hydrogen (secondary N) is 1. The number of carboxylic acid groups (broad SMARTS) is 1. The van der Waals surface area contributed by atoms with Crippen LogP contribution in [-0.4, -0.2) is 17.0 Å². The fourth-order valence-electron chi connectivity index (χ4n) is 3.79. The number of amides is 1. The van der Waals surface area contributed by atoms with Gasteiger partial charge in [-0.25, -0.2) is 0 Å². The van der Waals surface area contributed by atoms with Crippen LogP contribution in [0, 0.1) is 26.7 Å². The quantitative estimate of drug-likeness (QED) is 0.688. The molecule has 28 heavy (non-hydrogen) atoms. The third-order valence-corrected chi connectivity index (χ3v) is 5.25. The highest BCUT2D eigenvalue weighted by Gasteiger charge is 2.22. The maximum absolute atomic E-state index is 12.9. The number of hydrogen-bond acceptors (Lipinski definition) is 2. The SMILES string of the molecule is CCc1c(C)c(CC(=O)O)c(NC(=O)c2ccc(C)cc2)c(C)c1CC(C)C. The van der Waals surface area contributed by atoms with Crippen LogP contribution in [0.3, 0.4) is 0 Å². The van der Waals surface area contributed by atoms with Crippen molar-refractivity contribution >= 4 is 17.6 Å². The predicted octanol–water partition coefficient (Wildman–Crippen LogP) is 5.25. The standard InChI is InChI=1S/C24H31NO3/c1-7-19-16(5)21(13-22(26)27)23(17(6)20(19)12-14(2)3)25-24(28)18-10-8-15(4)9-11-18/h8-11,14H,7,12-13H2,1-6H3,(H,25,28)(H,26,27). The van der Waals surface area contributed by atoms with Crippen LogP contribution in [0.2, 0.25) is 0 Å². The fraction of sp³-hybridized carbons (Fsp3) is 0.417. The smallest absolute Gasteiger partial charge is 0.307 e. The zero-order valence-electron chi connectivity index (χ0n) is 17.8. The molecule has 0 fully saturated rings. The van der Waals surface area contributed by atoms with E-state index in [1.807, 2.05) is 32.9 Å². The molecule has 0 saturated carbocycles. The number of hydrogen-bond donors (Lipinski definition) is 2. The van der Waals surface area contributed by atoms with Crippen LogP contribution < -0.4 is 5.32 Å². The second-order valence-electron chi connectivity index (χ2n) is 7.90. The lowest BCUT2D eigenvalue weighted by atomic mass is 9.84. The molecule has 2 rings (SSSR count). The lowest BCUT2D eigenvalue weighted by molar-refractivity contribution is -0.136. The van der Waals surface area contributed by atoms with E-state index in [0.29, 0.717) is 22.7 Å². The van der Waals surface area contributed by atoms with Crippen molar-refractivity contribution in [1.29, 1.82) is 0 Å². The highest BCUT2D eigenvalue weighted by molar-refractivity contribution is 6.05. The topological polar surface area (TPSA) is 66.4 Å². The molecule has 0 aliphatic carbocycles. The number of carbonyl (C=O) groups is 2. The Morgan fingerprint density at radius 3 is 2.07 bits per heavy atom. The first kappa shape index (κ1) is 21.7. The van der Waals surface area contributed by atoms with Crippen LogP contribution in [0.1, 0.15) is 64.5 Å². The second-order valence-corrected chi connectivity index (χ2v) is 7.90. The van der Waals surface area contributed by atoms with Gasteiger partial charge in [-0.05, 0) is 79.5 Å². The summed E-state index contributed by atoms with van der Waals surface area (Å²) >= 11 is 0. The van der Waals surface area contributed by atoms with E-state index >= 15 is 0 Å². The van der Waals surface area contributed by atoms with Gasteiger partial charge in [-0.3, -0.25) is 9.59 Å². The van der Waals surface area contributed by atoms with Crippen molar-refractivity contribution in [2.75, 3.05) is 5.32 Å². The second kappa shape index (κ2) is 9.05. The first-order valence-electron chi connectivity index (χ1n) is 9.89. The molecule has 150 valence electrons. The molecular formula is C24H31NO3. The van der Waals surface area contributed by atoms with Crippen LogP contribution >= 0.6 is 0 Å². The number of aryl methyl sites for hydroxylation is 1. The lowest BCUT2D eigenvalue weighted by Crippen LogP contribution is -2.19. The van der Waals surface area contributed by atoms with E-state index in [9.17, 15) is 14.7 Å². The van der Waals surface area contributed by atoms with E-state index in [4.69, 9.17) is 0 Å². The molecule has 0 radical (unpaired) electrons. The van der Waals surface area contributed by atoms with Crippen molar-refractivity contribution in [3.8, 4) is 0 Å². The molecule has 0 aliphatic rings. The van der Waals surface area contributed by atoms with E-state index in [-0.39, 0.29) is 12.3 Å². The van der Waals surface area contributed by atoms with Crippen molar-refractivity contribution in [2.45, 2.75) is 60.8 Å². The molecule has 2 aromatic carbocycles. The molecule has 0 aromatic heterocycles. The summed E-state index contributed by atoms with van der Waals surface area (Å²) in [4.78, 5) is 24.4. The number of anilines is 1. The normalized spacial score (nSPS) is 11.0. The third kappa shape index (κ3) is 4.80. The zero-order chi connectivity index (χ0) is 21.0. The minimum absolute atomic E-state index is 0.106. The Bertz CT molecular complexity index is 880. The van der Waals surface area contributed by atoms with E-state index < -0.39 is 5.97 Å². The molecule has 0 heterocycles. The van der Waals surface area contributed by atoms with Gasteiger partial charge in [0, 0.05) is 11.3 Å². The average Bonchev–Trinajstić information content (AvgIpc) is 2.62. The molecule has 0 bridgehead atoms. The van der Waals surface area contributed by atoms with Crippen LogP contribution in [0.25, 0.3) is 0 Å². The third-order valence-electron chi connectivity index (χ3n) is 5.25. The van der Waals surface area contributed by atoms with Crippen molar-refractivity contribution < 1.29 is 14.7 Å². The minimum atomic E-state index is -0.896. The molecule has 2 aromatic rings. The largest absolute Gasteiger partial charge is 0.481 e. The number of rotatable bonds is 7. The average molecular weight is 382 g/mol. The molecule has 2 N–H and O–H groups in total. The summed E-state index contributed by atoms with van der Waals surface area (Å²) in [6, 6.07) is 7.38. The Labute approximate surface area is 168 Å². The van der Waals surface area contributed by atoms with Gasteiger partial charge in [0.2, 0.25) is 0 Å². The van der Waals surface area contributed by atoms with Gasteiger partial charge in [0.05, 0.1) is 6.42 Å². The number of aliphatic carboxylic acids is 1. The Kier molecular flexibility index (Phi) is 7.00. The zero-order valence-corrected chi connectivity index (χ0v) is 17.8. The van der Waals surface area contributed by atoms with Crippen molar-refractivity contribution in [3.63, 3.8) is 0 Å². The van der Waals surface area contributed by atoms with E-state index in [0.717, 1.165) is 29.5 Å². The summed E-state index contributed by atoms with van der Waals surface area (Å²) < 4.78 is 0. The summed E-state index contributed by atoms with van der Waals surface area (Å²) in [5, 5.41) is 12.5. The van der Waals surface area contributed by atoms with Gasteiger partial charge in [-0.2, -0.15) is 0 Å². The first-order valence-corrected chi connectivity index (χ1v) is 9.89. The van der Waals surface area contributed by atoms with Gasteiger partial charge >= 0.3 is 5.97 Å². The molecule has 0 atom stereocenters. The Balaban J connectivity index is 2.61. The van der Waals surface area contributed by atoms with Crippen LogP contribution in [0.4, 0.5) is 5.69 Å². The molecule has 4 heteroatoms. The van der Waals surface area contributed by atoms with Crippen molar-refractivity contribution in [1.82, 2.24) is 0 Å². The molecule has 0 unspecified atom stereocenters. The number of carboxylic acids is 1. The van der Waals surface area contributed by atoms with Crippen molar-refractivity contribution in [3.05, 3.63) is 63.2 Å². The van der Waals surface area contributed by atoms with Gasteiger partial charge in [-0.15, -0.1) is 0 Å². The molecule has 0 aliphatic heterocycles. The molecule has 0 saturated heterocycles. The van der Waals surface area contributed by atoms with Crippen LogP contribution in [0.5, 0.6) is 0 Å². The maximum Gasteiger partial charge on any atom is 0.307 e. The highest BCUT2D eigenvalue weighted by Crippen LogP contribution is 2.34. The van der Waals surface area contributed by atoms with E-state index in [1.54, 1.807) is 12.1 Å². The van der Waals surface area contributed by atoms with Gasteiger partial charge in [0.1, 0.15) is 0 Å². The summed E-state index contributed by atoms with van der Waals surface area (Å²) in [6.07, 6.45) is 1.63. The van der Waals surface area contributed by atoms with Crippen LogP contribution in [-0.2, 0) is 24.1 Å². The predicted molar refractivity (Wildman–Crippen MR) is 114 cm³/mol. The summed E-state index contributed by atoms with van der Waals surface area (Å²) in [7, 11) is 0. The maximum atomic E-state index is 12.9. The first-order chi connectivity index (χ1) is 13.1. The Morgan fingerprint density at radius 2 is 1.57 bits per heavy atom.